The molecule has 0 fully saturated rings. The molecule has 1 amide bonds. The fraction of sp³-hybridized carbons (Fsp3) is 0.133. The van der Waals surface area contributed by atoms with E-state index in [0.717, 1.165) is 17.7 Å². The van der Waals surface area contributed by atoms with E-state index in [1.54, 1.807) is 24.3 Å². The molecule has 0 saturated carbocycles. The zero-order valence-corrected chi connectivity index (χ0v) is 12.6. The number of carbonyl (C=O) groups is 1. The van der Waals surface area contributed by atoms with Crippen LogP contribution in [0.3, 0.4) is 0 Å². The number of rotatable bonds is 6. The van der Waals surface area contributed by atoms with Gasteiger partial charge in [-0.1, -0.05) is 30.3 Å². The molecule has 0 bridgehead atoms. The van der Waals surface area contributed by atoms with Crippen molar-refractivity contribution in [2.75, 3.05) is 0 Å². The first-order chi connectivity index (χ1) is 11.4. The van der Waals surface area contributed by atoms with Crippen LogP contribution in [0.1, 0.15) is 21.5 Å². The smallest absolute Gasteiger partial charge is 0.269 e. The Hall–Kier alpha value is -3.33. The second kappa shape index (κ2) is 7.29. The van der Waals surface area contributed by atoms with Crippen LogP contribution in [0.15, 0.2) is 42.5 Å². The Morgan fingerprint density at radius 2 is 1.62 bits per heavy atom. The molecule has 0 saturated heterocycles. The van der Waals surface area contributed by atoms with Crippen LogP contribution < -0.4 is 5.48 Å². The quantitative estimate of drug-likeness (QED) is 0.641. The molecule has 0 spiro atoms. The maximum atomic E-state index is 12.0. The van der Waals surface area contributed by atoms with Crippen molar-refractivity contribution in [2.45, 2.75) is 13.5 Å². The molecule has 9 heteroatoms. The van der Waals surface area contributed by atoms with Gasteiger partial charge in [-0.25, -0.2) is 5.48 Å². The molecule has 0 radical (unpaired) electrons. The van der Waals surface area contributed by atoms with Crippen LogP contribution >= 0.6 is 0 Å². The Balaban J connectivity index is 2.16. The third-order valence-corrected chi connectivity index (χ3v) is 3.25. The summed E-state index contributed by atoms with van der Waals surface area (Å²) in [4.78, 5) is 37.5. The third-order valence-electron chi connectivity index (χ3n) is 3.25. The average Bonchev–Trinajstić information content (AvgIpc) is 2.55. The first-order valence-corrected chi connectivity index (χ1v) is 6.79. The van der Waals surface area contributed by atoms with Crippen LogP contribution in [0, 0.1) is 27.2 Å². The lowest BCUT2D eigenvalue weighted by molar-refractivity contribution is -0.395. The summed E-state index contributed by atoms with van der Waals surface area (Å²) in [5.41, 5.74) is 1.57. The fourth-order valence-corrected chi connectivity index (χ4v) is 2.01. The molecule has 0 aromatic heterocycles. The van der Waals surface area contributed by atoms with E-state index in [9.17, 15) is 25.0 Å². The van der Waals surface area contributed by atoms with Gasteiger partial charge in [0.05, 0.1) is 22.0 Å². The molecule has 2 aromatic carbocycles. The van der Waals surface area contributed by atoms with Gasteiger partial charge in [-0.2, -0.15) is 0 Å². The molecule has 0 aliphatic carbocycles. The van der Waals surface area contributed by atoms with E-state index in [1.165, 1.54) is 6.92 Å². The van der Waals surface area contributed by atoms with Gasteiger partial charge in [0.15, 0.2) is 0 Å². The van der Waals surface area contributed by atoms with Gasteiger partial charge in [0.1, 0.15) is 5.56 Å². The average molecular weight is 331 g/mol. The molecule has 124 valence electrons. The number of nitro benzene ring substituents is 2. The molecular formula is C15H13N3O6. The van der Waals surface area contributed by atoms with Gasteiger partial charge in [0.2, 0.25) is 0 Å². The minimum absolute atomic E-state index is 0.0859. The molecule has 9 nitrogen and oxygen atoms in total. The van der Waals surface area contributed by atoms with Crippen molar-refractivity contribution < 1.29 is 19.5 Å². The minimum atomic E-state index is -0.808. The number of nitro groups is 2. The van der Waals surface area contributed by atoms with E-state index < -0.39 is 27.1 Å². The van der Waals surface area contributed by atoms with Gasteiger partial charge < -0.3 is 0 Å². The fourth-order valence-electron chi connectivity index (χ4n) is 2.01. The van der Waals surface area contributed by atoms with Gasteiger partial charge >= 0.3 is 0 Å². The molecule has 1 N–H and O–H groups in total. The van der Waals surface area contributed by atoms with Gasteiger partial charge in [-0.05, 0) is 12.5 Å². The predicted molar refractivity (Wildman–Crippen MR) is 83.2 cm³/mol. The Labute approximate surface area is 136 Å². The van der Waals surface area contributed by atoms with E-state index in [-0.39, 0.29) is 17.7 Å². The number of nitrogens with zero attached hydrogens (tertiary/aromatic N) is 2. The summed E-state index contributed by atoms with van der Waals surface area (Å²) in [7, 11) is 0. The molecule has 0 heterocycles. The Morgan fingerprint density at radius 1 is 1.08 bits per heavy atom. The van der Waals surface area contributed by atoms with Gasteiger partial charge in [-0.15, -0.1) is 0 Å². The highest BCUT2D eigenvalue weighted by atomic mass is 16.7. The molecule has 2 rings (SSSR count). The van der Waals surface area contributed by atoms with Crippen molar-refractivity contribution in [1.82, 2.24) is 5.48 Å². The van der Waals surface area contributed by atoms with E-state index in [0.29, 0.717) is 0 Å². The lowest BCUT2D eigenvalue weighted by atomic mass is 10.1. The normalized spacial score (nSPS) is 10.2. The zero-order valence-electron chi connectivity index (χ0n) is 12.6. The van der Waals surface area contributed by atoms with Crippen LogP contribution in [0.25, 0.3) is 0 Å². The SMILES string of the molecule is Cc1c([N+](=O)[O-])cc(C(=O)NOCc2ccccc2)cc1[N+](=O)[O-]. The van der Waals surface area contributed by atoms with Crippen molar-refractivity contribution in [2.24, 2.45) is 0 Å². The van der Waals surface area contributed by atoms with Crippen LogP contribution in [0.5, 0.6) is 0 Å². The number of amides is 1. The van der Waals surface area contributed by atoms with E-state index >= 15 is 0 Å². The lowest BCUT2D eigenvalue weighted by Crippen LogP contribution is -2.24. The number of hydrogen-bond donors (Lipinski definition) is 1. The van der Waals surface area contributed by atoms with Crippen molar-refractivity contribution in [1.29, 1.82) is 0 Å². The van der Waals surface area contributed by atoms with Crippen LogP contribution in [-0.4, -0.2) is 15.8 Å². The number of carbonyl (C=O) groups excluding carboxylic acids is 1. The topological polar surface area (TPSA) is 125 Å². The standard InChI is InChI=1S/C15H13N3O6/c1-10-13(17(20)21)7-12(8-14(10)18(22)23)15(19)16-24-9-11-5-3-2-4-6-11/h2-8H,9H2,1H3,(H,16,19). The largest absolute Gasteiger partial charge is 0.279 e. The molecule has 0 atom stereocenters. The molecule has 24 heavy (non-hydrogen) atoms. The summed E-state index contributed by atoms with van der Waals surface area (Å²) in [6.07, 6.45) is 0. The first-order valence-electron chi connectivity index (χ1n) is 6.79. The highest BCUT2D eigenvalue weighted by Crippen LogP contribution is 2.29. The summed E-state index contributed by atoms with van der Waals surface area (Å²) in [6.45, 7) is 1.34. The van der Waals surface area contributed by atoms with Crippen molar-refractivity contribution in [3.8, 4) is 0 Å². The van der Waals surface area contributed by atoms with Crippen molar-refractivity contribution in [3.63, 3.8) is 0 Å². The van der Waals surface area contributed by atoms with E-state index in [4.69, 9.17) is 4.84 Å². The summed E-state index contributed by atoms with van der Waals surface area (Å²) in [5.74, 6) is -0.808. The summed E-state index contributed by atoms with van der Waals surface area (Å²) >= 11 is 0. The molecule has 0 aliphatic heterocycles. The predicted octanol–water partition coefficient (Wildman–Crippen LogP) is 2.67. The second-order valence-corrected chi connectivity index (χ2v) is 4.86. The lowest BCUT2D eigenvalue weighted by Gasteiger charge is -2.07. The Kier molecular flexibility index (Phi) is 5.17. The number of hydroxylamine groups is 1. The molecule has 0 aliphatic rings. The zero-order chi connectivity index (χ0) is 17.7. The van der Waals surface area contributed by atoms with Gasteiger partial charge in [0.25, 0.3) is 17.3 Å². The van der Waals surface area contributed by atoms with Gasteiger partial charge in [0, 0.05) is 12.1 Å². The number of benzene rings is 2. The van der Waals surface area contributed by atoms with Crippen molar-refractivity contribution in [3.05, 3.63) is 79.4 Å². The Morgan fingerprint density at radius 3 is 2.12 bits per heavy atom. The highest BCUT2D eigenvalue weighted by molar-refractivity contribution is 5.95. The number of nitrogens with one attached hydrogen (secondary N) is 1. The van der Waals surface area contributed by atoms with Crippen LogP contribution in [0.2, 0.25) is 0 Å². The molecule has 2 aromatic rings. The monoisotopic (exact) mass is 331 g/mol. The second-order valence-electron chi connectivity index (χ2n) is 4.86. The van der Waals surface area contributed by atoms with E-state index in [1.807, 2.05) is 6.07 Å². The van der Waals surface area contributed by atoms with Gasteiger partial charge in [-0.3, -0.25) is 29.9 Å². The summed E-state index contributed by atoms with van der Waals surface area (Å²) in [6, 6.07) is 10.9. The minimum Gasteiger partial charge on any atom is -0.269 e. The highest BCUT2D eigenvalue weighted by Gasteiger charge is 2.25. The third kappa shape index (κ3) is 3.90. The number of hydrogen-bond acceptors (Lipinski definition) is 6. The first kappa shape index (κ1) is 17.0. The maximum Gasteiger partial charge on any atom is 0.279 e. The van der Waals surface area contributed by atoms with Crippen LogP contribution in [-0.2, 0) is 11.4 Å². The maximum absolute atomic E-state index is 12.0. The van der Waals surface area contributed by atoms with Crippen molar-refractivity contribution >= 4 is 17.3 Å². The summed E-state index contributed by atoms with van der Waals surface area (Å²) < 4.78 is 0. The Bertz CT molecular complexity index is 756. The molecular weight excluding hydrogens is 318 g/mol. The summed E-state index contributed by atoms with van der Waals surface area (Å²) in [5, 5.41) is 22.0. The molecule has 0 unspecified atom stereocenters. The van der Waals surface area contributed by atoms with Crippen LogP contribution in [0.4, 0.5) is 11.4 Å². The van der Waals surface area contributed by atoms with E-state index in [2.05, 4.69) is 5.48 Å².